The van der Waals surface area contributed by atoms with Crippen LogP contribution in [0.15, 0.2) is 72.9 Å². The van der Waals surface area contributed by atoms with Crippen molar-refractivity contribution in [1.82, 2.24) is 0 Å². The van der Waals surface area contributed by atoms with Crippen LogP contribution < -0.4 is 0 Å². The van der Waals surface area contributed by atoms with Gasteiger partial charge in [-0.1, -0.05) is 229 Å². The van der Waals surface area contributed by atoms with Gasteiger partial charge < -0.3 is 14.2 Å². The lowest BCUT2D eigenvalue weighted by molar-refractivity contribution is -0.167. The number of carbonyl (C=O) groups excluding carboxylic acids is 3. The van der Waals surface area contributed by atoms with Gasteiger partial charge in [-0.15, -0.1) is 0 Å². The predicted molar refractivity (Wildman–Crippen MR) is 274 cm³/mol. The molecule has 0 radical (unpaired) electrons. The van der Waals surface area contributed by atoms with Crippen LogP contribution in [0.2, 0.25) is 0 Å². The summed E-state index contributed by atoms with van der Waals surface area (Å²) in [4.78, 5) is 37.8. The molecule has 0 spiro atoms. The molecule has 0 rings (SSSR count). The fourth-order valence-corrected chi connectivity index (χ4v) is 7.41. The molecule has 0 aromatic rings. The van der Waals surface area contributed by atoms with Crippen LogP contribution >= 0.6 is 0 Å². The van der Waals surface area contributed by atoms with E-state index in [0.717, 1.165) is 109 Å². The van der Waals surface area contributed by atoms with Crippen LogP contribution in [-0.4, -0.2) is 37.2 Å². The number of esters is 3. The van der Waals surface area contributed by atoms with Crippen molar-refractivity contribution in [3.05, 3.63) is 72.9 Å². The number of ether oxygens (including phenoxy) is 3. The van der Waals surface area contributed by atoms with Crippen molar-refractivity contribution in [1.29, 1.82) is 0 Å². The van der Waals surface area contributed by atoms with Crippen molar-refractivity contribution in [3.63, 3.8) is 0 Å². The van der Waals surface area contributed by atoms with Crippen LogP contribution in [0.3, 0.4) is 0 Å². The molecule has 0 amide bonds. The molecule has 0 saturated heterocycles. The molecule has 0 fully saturated rings. The highest BCUT2D eigenvalue weighted by molar-refractivity contribution is 5.71. The molecule has 0 aliphatic heterocycles. The second-order valence-corrected chi connectivity index (χ2v) is 17.8. The summed E-state index contributed by atoms with van der Waals surface area (Å²) in [6.45, 7) is 6.44. The van der Waals surface area contributed by atoms with E-state index in [2.05, 4.69) is 93.7 Å². The molecule has 1 atom stereocenters. The molecular formula is C58H100O6. The zero-order valence-electron chi connectivity index (χ0n) is 42.0. The zero-order chi connectivity index (χ0) is 46.5. The van der Waals surface area contributed by atoms with E-state index in [-0.39, 0.29) is 31.1 Å². The first-order chi connectivity index (χ1) is 31.5. The van der Waals surface area contributed by atoms with Gasteiger partial charge in [-0.05, 0) is 83.5 Å². The quantitative estimate of drug-likeness (QED) is 0.0262. The number of carbonyl (C=O) groups is 3. The van der Waals surface area contributed by atoms with Crippen molar-refractivity contribution in [3.8, 4) is 0 Å². The molecule has 0 saturated carbocycles. The Kier molecular flexibility index (Phi) is 49.9. The SMILES string of the molecule is CC/C=C\C/C=C\C/C=C\C/C=C\C/C=C\CCCCCCCCCCCCCC(=O)OCC(COC(=O)CCCCCCCCCCC)OC(=O)CCCCCCC/C=C\CCC. The largest absolute Gasteiger partial charge is 0.462 e. The Balaban J connectivity index is 4.13. The van der Waals surface area contributed by atoms with Gasteiger partial charge in [-0.2, -0.15) is 0 Å². The Morgan fingerprint density at radius 2 is 0.641 bits per heavy atom. The monoisotopic (exact) mass is 893 g/mol. The molecule has 6 heteroatoms. The minimum Gasteiger partial charge on any atom is -0.462 e. The van der Waals surface area contributed by atoms with Crippen LogP contribution in [0.5, 0.6) is 0 Å². The standard InChI is InChI=1S/C58H100O6/c1-4-7-10-13-16-19-21-22-23-24-25-26-27-28-29-30-31-32-33-34-35-36-37-40-42-45-48-51-57(60)63-54-55(53-62-56(59)50-47-44-41-38-18-15-12-9-6-3)64-58(61)52-49-46-43-39-20-17-14-11-8-5-2/h7,10-11,14,16,19,22-23,25-26,28-29,55H,4-6,8-9,12-13,15,17-18,20-21,24,27,30-54H2,1-3H3/b10-7-,14-11-,19-16-,23-22-,26-25-,29-28-. The summed E-state index contributed by atoms with van der Waals surface area (Å²) >= 11 is 0. The Hall–Kier alpha value is -3.15. The lowest BCUT2D eigenvalue weighted by Crippen LogP contribution is -2.30. The average molecular weight is 893 g/mol. The lowest BCUT2D eigenvalue weighted by Gasteiger charge is -2.18. The first-order valence-corrected chi connectivity index (χ1v) is 26.9. The minimum atomic E-state index is -0.776. The molecule has 368 valence electrons. The number of rotatable bonds is 48. The summed E-state index contributed by atoms with van der Waals surface area (Å²) in [5, 5.41) is 0. The Bertz CT molecular complexity index is 1210. The highest BCUT2D eigenvalue weighted by Crippen LogP contribution is 2.15. The molecule has 0 heterocycles. The summed E-state index contributed by atoms with van der Waals surface area (Å²) in [6, 6.07) is 0. The van der Waals surface area contributed by atoms with Gasteiger partial charge in [0.2, 0.25) is 0 Å². The van der Waals surface area contributed by atoms with Gasteiger partial charge in [0.15, 0.2) is 6.10 Å². The van der Waals surface area contributed by atoms with Gasteiger partial charge in [-0.3, -0.25) is 14.4 Å². The van der Waals surface area contributed by atoms with Crippen molar-refractivity contribution >= 4 is 17.9 Å². The van der Waals surface area contributed by atoms with Crippen molar-refractivity contribution in [2.75, 3.05) is 13.2 Å². The average Bonchev–Trinajstić information content (AvgIpc) is 3.29. The number of hydrogen-bond donors (Lipinski definition) is 0. The molecule has 64 heavy (non-hydrogen) atoms. The molecule has 6 nitrogen and oxygen atoms in total. The van der Waals surface area contributed by atoms with Gasteiger partial charge >= 0.3 is 17.9 Å². The topological polar surface area (TPSA) is 78.9 Å². The van der Waals surface area contributed by atoms with E-state index in [1.807, 2.05) is 0 Å². The van der Waals surface area contributed by atoms with Crippen LogP contribution in [-0.2, 0) is 28.6 Å². The molecule has 0 aromatic carbocycles. The molecule has 0 aromatic heterocycles. The fourth-order valence-electron chi connectivity index (χ4n) is 7.41. The second-order valence-electron chi connectivity index (χ2n) is 17.8. The lowest BCUT2D eigenvalue weighted by atomic mass is 10.0. The van der Waals surface area contributed by atoms with E-state index >= 15 is 0 Å². The van der Waals surface area contributed by atoms with Crippen LogP contribution in [0.1, 0.15) is 258 Å². The maximum Gasteiger partial charge on any atom is 0.306 e. The van der Waals surface area contributed by atoms with E-state index in [4.69, 9.17) is 14.2 Å². The Morgan fingerprint density at radius 3 is 1.03 bits per heavy atom. The molecular weight excluding hydrogens is 793 g/mol. The number of allylic oxidation sites excluding steroid dienone is 12. The Labute approximate surface area is 395 Å². The summed E-state index contributed by atoms with van der Waals surface area (Å²) < 4.78 is 16.7. The number of unbranched alkanes of at least 4 members (excludes halogenated alkanes) is 25. The predicted octanol–water partition coefficient (Wildman–Crippen LogP) is 17.8. The van der Waals surface area contributed by atoms with Crippen LogP contribution in [0.25, 0.3) is 0 Å². The Morgan fingerprint density at radius 1 is 0.328 bits per heavy atom. The smallest absolute Gasteiger partial charge is 0.306 e. The molecule has 0 bridgehead atoms. The van der Waals surface area contributed by atoms with Gasteiger partial charge in [0.05, 0.1) is 0 Å². The van der Waals surface area contributed by atoms with Gasteiger partial charge in [0.25, 0.3) is 0 Å². The second kappa shape index (κ2) is 52.5. The third-order valence-electron chi connectivity index (χ3n) is 11.4. The van der Waals surface area contributed by atoms with Crippen molar-refractivity contribution in [2.45, 2.75) is 264 Å². The van der Waals surface area contributed by atoms with Crippen molar-refractivity contribution < 1.29 is 28.6 Å². The summed E-state index contributed by atoms with van der Waals surface area (Å²) in [6.07, 6.45) is 66.2. The van der Waals surface area contributed by atoms with Crippen LogP contribution in [0, 0.1) is 0 Å². The third kappa shape index (κ3) is 49.9. The first-order valence-electron chi connectivity index (χ1n) is 26.9. The summed E-state index contributed by atoms with van der Waals surface area (Å²) in [7, 11) is 0. The van der Waals surface area contributed by atoms with Crippen molar-refractivity contribution in [2.24, 2.45) is 0 Å². The van der Waals surface area contributed by atoms with Gasteiger partial charge in [0.1, 0.15) is 13.2 Å². The molecule has 0 N–H and O–H groups in total. The maximum atomic E-state index is 12.7. The van der Waals surface area contributed by atoms with Crippen LogP contribution in [0.4, 0.5) is 0 Å². The van der Waals surface area contributed by atoms with E-state index in [9.17, 15) is 14.4 Å². The van der Waals surface area contributed by atoms with E-state index in [0.29, 0.717) is 19.3 Å². The zero-order valence-corrected chi connectivity index (χ0v) is 42.0. The van der Waals surface area contributed by atoms with E-state index in [1.54, 1.807) is 0 Å². The van der Waals surface area contributed by atoms with Gasteiger partial charge in [0, 0.05) is 19.3 Å². The minimum absolute atomic E-state index is 0.0774. The maximum absolute atomic E-state index is 12.7. The molecule has 0 aliphatic carbocycles. The fraction of sp³-hybridized carbons (Fsp3) is 0.741. The molecule has 1 unspecified atom stereocenters. The summed E-state index contributed by atoms with van der Waals surface area (Å²) in [5.41, 5.74) is 0. The highest BCUT2D eigenvalue weighted by atomic mass is 16.6. The van der Waals surface area contributed by atoms with E-state index in [1.165, 1.54) is 109 Å². The highest BCUT2D eigenvalue weighted by Gasteiger charge is 2.19. The van der Waals surface area contributed by atoms with Gasteiger partial charge in [-0.25, -0.2) is 0 Å². The number of hydrogen-bond acceptors (Lipinski definition) is 6. The third-order valence-corrected chi connectivity index (χ3v) is 11.4. The molecule has 0 aliphatic rings. The van der Waals surface area contributed by atoms with E-state index < -0.39 is 6.10 Å². The first kappa shape index (κ1) is 60.9. The summed E-state index contributed by atoms with van der Waals surface area (Å²) in [5.74, 6) is -0.892. The normalized spacial score (nSPS) is 12.6.